The van der Waals surface area contributed by atoms with E-state index >= 15 is 0 Å². The van der Waals surface area contributed by atoms with Crippen LogP contribution in [0.1, 0.15) is 34.6 Å². The van der Waals surface area contributed by atoms with E-state index in [1.165, 1.54) is 18.3 Å². The van der Waals surface area contributed by atoms with E-state index in [0.717, 1.165) is 11.3 Å². The molecule has 0 radical (unpaired) electrons. The third-order valence-electron chi connectivity index (χ3n) is 3.23. The van der Waals surface area contributed by atoms with E-state index in [-0.39, 0.29) is 16.8 Å². The molecule has 1 amide bonds. The fourth-order valence-electron chi connectivity index (χ4n) is 1.91. The summed E-state index contributed by atoms with van der Waals surface area (Å²) in [5.41, 5.74) is 2.09. The zero-order valence-electron chi connectivity index (χ0n) is 12.3. The summed E-state index contributed by atoms with van der Waals surface area (Å²) in [6.07, 6.45) is 1.52. The molecule has 0 aliphatic carbocycles. The van der Waals surface area contributed by atoms with Gasteiger partial charge in [-0.1, -0.05) is 12.1 Å². The molecule has 22 heavy (non-hydrogen) atoms. The maximum Gasteiger partial charge on any atom is 0.253 e. The molecule has 0 aliphatic rings. The van der Waals surface area contributed by atoms with Crippen LogP contribution in [-0.2, 0) is 10.0 Å². The van der Waals surface area contributed by atoms with Crippen LogP contribution in [0.4, 0.5) is 0 Å². The number of amides is 1. The molecule has 0 spiro atoms. The number of primary sulfonamides is 1. The number of aryl methyl sites for hydroxylation is 1. The lowest BCUT2D eigenvalue weighted by Gasteiger charge is -2.14. The summed E-state index contributed by atoms with van der Waals surface area (Å²) in [4.78, 5) is 16.2. The topological polar surface area (TPSA) is 102 Å². The number of nitrogens with one attached hydrogen (secondary N) is 1. The summed E-state index contributed by atoms with van der Waals surface area (Å²) in [5, 5.41) is 7.88. The number of rotatable bonds is 4. The Morgan fingerprint density at radius 1 is 1.18 bits per heavy atom. The molecule has 116 valence electrons. The van der Waals surface area contributed by atoms with Crippen molar-refractivity contribution in [2.75, 3.05) is 0 Å². The molecule has 0 saturated heterocycles. The predicted octanol–water partition coefficient (Wildman–Crippen LogP) is 1.53. The molecule has 1 heterocycles. The van der Waals surface area contributed by atoms with Gasteiger partial charge in [-0.2, -0.15) is 0 Å². The van der Waals surface area contributed by atoms with Crippen molar-refractivity contribution in [2.24, 2.45) is 5.14 Å². The minimum atomic E-state index is -3.71. The van der Waals surface area contributed by atoms with Gasteiger partial charge >= 0.3 is 0 Å². The van der Waals surface area contributed by atoms with Gasteiger partial charge in [0.05, 0.1) is 16.5 Å². The molecule has 6 nitrogen and oxygen atoms in total. The lowest BCUT2D eigenvalue weighted by molar-refractivity contribution is 0.0939. The third kappa shape index (κ3) is 3.90. The summed E-state index contributed by atoms with van der Waals surface area (Å²) in [7, 11) is -3.71. The number of nitrogens with two attached hydrogens (primary N) is 1. The fourth-order valence-corrected chi connectivity index (χ4v) is 2.43. The van der Waals surface area contributed by atoms with E-state index < -0.39 is 10.0 Å². The van der Waals surface area contributed by atoms with Crippen LogP contribution in [0.3, 0.4) is 0 Å². The molecule has 2 aromatic rings. The van der Waals surface area contributed by atoms with Crippen molar-refractivity contribution in [3.05, 3.63) is 59.4 Å². The second-order valence-corrected chi connectivity index (χ2v) is 6.56. The largest absolute Gasteiger partial charge is 0.345 e. The Labute approximate surface area is 129 Å². The molecule has 1 aromatic heterocycles. The number of nitrogens with zero attached hydrogens (tertiary/aromatic N) is 1. The molecule has 0 bridgehead atoms. The SMILES string of the molecule is Cc1ccc(C(=O)NC(C)c2ccc(S(N)(=O)=O)cc2)cn1. The standard InChI is InChI=1S/C15H17N3O3S/c1-10-3-4-13(9-17-10)15(19)18-11(2)12-5-7-14(8-6-12)22(16,20)21/h3-9,11H,1-2H3,(H,18,19)(H2,16,20,21). The number of hydrogen-bond donors (Lipinski definition) is 2. The number of pyridine rings is 1. The van der Waals surface area contributed by atoms with Gasteiger partial charge < -0.3 is 5.32 Å². The number of aromatic nitrogens is 1. The van der Waals surface area contributed by atoms with E-state index in [4.69, 9.17) is 5.14 Å². The van der Waals surface area contributed by atoms with Gasteiger partial charge in [-0.15, -0.1) is 0 Å². The van der Waals surface area contributed by atoms with E-state index in [9.17, 15) is 13.2 Å². The molecule has 2 rings (SSSR count). The highest BCUT2D eigenvalue weighted by Gasteiger charge is 2.13. The number of benzene rings is 1. The van der Waals surface area contributed by atoms with Crippen molar-refractivity contribution >= 4 is 15.9 Å². The second kappa shape index (κ2) is 6.25. The van der Waals surface area contributed by atoms with Crippen molar-refractivity contribution in [2.45, 2.75) is 24.8 Å². The van der Waals surface area contributed by atoms with Gasteiger partial charge in [0.2, 0.25) is 10.0 Å². The number of carbonyl (C=O) groups excluding carboxylic acids is 1. The Kier molecular flexibility index (Phi) is 4.58. The monoisotopic (exact) mass is 319 g/mol. The van der Waals surface area contributed by atoms with Gasteiger partial charge in [0.1, 0.15) is 0 Å². The highest BCUT2D eigenvalue weighted by molar-refractivity contribution is 7.89. The summed E-state index contributed by atoms with van der Waals surface area (Å²) >= 11 is 0. The minimum absolute atomic E-state index is 0.0394. The maximum atomic E-state index is 12.1. The Morgan fingerprint density at radius 3 is 2.32 bits per heavy atom. The van der Waals surface area contributed by atoms with Crippen molar-refractivity contribution < 1.29 is 13.2 Å². The molecular weight excluding hydrogens is 302 g/mol. The minimum Gasteiger partial charge on any atom is -0.345 e. The van der Waals surface area contributed by atoms with Crippen molar-refractivity contribution in [3.63, 3.8) is 0 Å². The fraction of sp³-hybridized carbons (Fsp3) is 0.200. The van der Waals surface area contributed by atoms with E-state index in [2.05, 4.69) is 10.3 Å². The maximum absolute atomic E-state index is 12.1. The molecule has 0 aliphatic heterocycles. The first-order valence-electron chi connectivity index (χ1n) is 6.63. The van der Waals surface area contributed by atoms with Crippen molar-refractivity contribution in [3.8, 4) is 0 Å². The highest BCUT2D eigenvalue weighted by atomic mass is 32.2. The van der Waals surface area contributed by atoms with Gasteiger partial charge in [0.15, 0.2) is 0 Å². The molecule has 7 heteroatoms. The smallest absolute Gasteiger partial charge is 0.253 e. The number of carbonyl (C=O) groups is 1. The lowest BCUT2D eigenvalue weighted by Crippen LogP contribution is -2.26. The third-order valence-corrected chi connectivity index (χ3v) is 4.16. The summed E-state index contributed by atoms with van der Waals surface area (Å²) in [5.74, 6) is -0.240. The molecule has 0 fully saturated rings. The molecule has 3 N–H and O–H groups in total. The Morgan fingerprint density at radius 2 is 1.82 bits per heavy atom. The zero-order chi connectivity index (χ0) is 16.3. The first-order chi connectivity index (χ1) is 10.3. The molecule has 0 saturated carbocycles. The van der Waals surface area contributed by atoms with Gasteiger partial charge in [0.25, 0.3) is 5.91 Å². The molecule has 1 atom stereocenters. The predicted molar refractivity (Wildman–Crippen MR) is 82.7 cm³/mol. The first kappa shape index (κ1) is 16.1. The van der Waals surface area contributed by atoms with Crippen LogP contribution in [0.15, 0.2) is 47.5 Å². The average Bonchev–Trinajstić information content (AvgIpc) is 2.47. The number of hydrogen-bond acceptors (Lipinski definition) is 4. The zero-order valence-corrected chi connectivity index (χ0v) is 13.1. The molecule has 1 aromatic carbocycles. The Balaban J connectivity index is 2.10. The van der Waals surface area contributed by atoms with Crippen LogP contribution >= 0.6 is 0 Å². The van der Waals surface area contributed by atoms with E-state index in [0.29, 0.717) is 5.56 Å². The Bertz CT molecular complexity index is 769. The van der Waals surface area contributed by atoms with Crippen LogP contribution in [0.2, 0.25) is 0 Å². The normalized spacial score (nSPS) is 12.7. The van der Waals surface area contributed by atoms with Crippen LogP contribution in [0, 0.1) is 6.92 Å². The van der Waals surface area contributed by atoms with Gasteiger partial charge in [-0.25, -0.2) is 13.6 Å². The van der Waals surface area contributed by atoms with E-state index in [1.807, 2.05) is 13.8 Å². The van der Waals surface area contributed by atoms with Crippen molar-refractivity contribution in [1.82, 2.24) is 10.3 Å². The molecule has 1 unspecified atom stereocenters. The Hall–Kier alpha value is -2.25. The van der Waals surface area contributed by atoms with Gasteiger partial charge in [-0.3, -0.25) is 9.78 Å². The van der Waals surface area contributed by atoms with Crippen LogP contribution in [0.5, 0.6) is 0 Å². The van der Waals surface area contributed by atoms with Gasteiger partial charge in [-0.05, 0) is 43.7 Å². The quantitative estimate of drug-likeness (QED) is 0.892. The van der Waals surface area contributed by atoms with E-state index in [1.54, 1.807) is 24.3 Å². The van der Waals surface area contributed by atoms with Crippen molar-refractivity contribution in [1.29, 1.82) is 0 Å². The average molecular weight is 319 g/mol. The summed E-state index contributed by atoms with van der Waals surface area (Å²) in [6, 6.07) is 9.27. The lowest BCUT2D eigenvalue weighted by atomic mass is 10.1. The second-order valence-electron chi connectivity index (χ2n) is 5.00. The first-order valence-corrected chi connectivity index (χ1v) is 8.18. The highest BCUT2D eigenvalue weighted by Crippen LogP contribution is 2.16. The summed E-state index contributed by atoms with van der Waals surface area (Å²) < 4.78 is 22.4. The summed E-state index contributed by atoms with van der Waals surface area (Å²) in [6.45, 7) is 3.66. The van der Waals surface area contributed by atoms with Gasteiger partial charge in [0, 0.05) is 11.9 Å². The van der Waals surface area contributed by atoms with Crippen LogP contribution in [0.25, 0.3) is 0 Å². The van der Waals surface area contributed by atoms with Crippen LogP contribution < -0.4 is 10.5 Å². The van der Waals surface area contributed by atoms with Crippen LogP contribution in [-0.4, -0.2) is 19.3 Å². The molecular formula is C15H17N3O3S. The number of sulfonamides is 1.